The Kier molecular flexibility index (Phi) is 3.48. The van der Waals surface area contributed by atoms with Gasteiger partial charge in [0.2, 0.25) is 0 Å². The molecule has 1 aliphatic carbocycles. The van der Waals surface area contributed by atoms with Crippen molar-refractivity contribution in [2.45, 2.75) is 40.0 Å². The summed E-state index contributed by atoms with van der Waals surface area (Å²) in [5, 5.41) is 0. The first-order valence-electron chi connectivity index (χ1n) is 7.58. The number of hydrogen-bond acceptors (Lipinski definition) is 0. The van der Waals surface area contributed by atoms with Gasteiger partial charge >= 0.3 is 0 Å². The van der Waals surface area contributed by atoms with E-state index in [9.17, 15) is 0 Å². The summed E-state index contributed by atoms with van der Waals surface area (Å²) >= 11 is 0. The number of allylic oxidation sites excluding steroid dienone is 1. The molecule has 0 aliphatic heterocycles. The molecule has 20 heavy (non-hydrogen) atoms. The fourth-order valence-electron chi connectivity index (χ4n) is 3.20. The van der Waals surface area contributed by atoms with Crippen LogP contribution < -0.4 is 0 Å². The van der Waals surface area contributed by atoms with E-state index in [0.717, 1.165) is 6.42 Å². The number of benzene rings is 2. The van der Waals surface area contributed by atoms with Crippen molar-refractivity contribution in [1.82, 2.24) is 0 Å². The molecule has 1 aliphatic rings. The molecule has 102 valence electrons. The predicted molar refractivity (Wildman–Crippen MR) is 87.9 cm³/mol. The second kappa shape index (κ2) is 5.28. The molecule has 0 nitrogen and oxygen atoms in total. The largest absolute Gasteiger partial charge is 0.0652 e. The lowest BCUT2D eigenvalue weighted by Crippen LogP contribution is -1.91. The number of fused-ring (bicyclic) bond motifs is 1. The average molecular weight is 262 g/mol. The van der Waals surface area contributed by atoms with E-state index in [4.69, 9.17) is 0 Å². The molecule has 0 aromatic heterocycles. The van der Waals surface area contributed by atoms with Gasteiger partial charge in [-0.1, -0.05) is 61.4 Å². The Morgan fingerprint density at radius 3 is 2.50 bits per heavy atom. The first-order valence-corrected chi connectivity index (χ1v) is 7.58. The van der Waals surface area contributed by atoms with Gasteiger partial charge in [-0.05, 0) is 60.1 Å². The summed E-state index contributed by atoms with van der Waals surface area (Å²) in [5.41, 5.74) is 10.1. The molecule has 0 N–H and O–H groups in total. The fourth-order valence-corrected chi connectivity index (χ4v) is 3.20. The summed E-state index contributed by atoms with van der Waals surface area (Å²) in [4.78, 5) is 0. The van der Waals surface area contributed by atoms with Crippen molar-refractivity contribution in [1.29, 1.82) is 0 Å². The highest BCUT2D eigenvalue weighted by Crippen LogP contribution is 2.36. The van der Waals surface area contributed by atoms with Crippen LogP contribution >= 0.6 is 0 Å². The molecule has 3 rings (SSSR count). The van der Waals surface area contributed by atoms with Crippen LogP contribution in [0.25, 0.3) is 17.2 Å². The van der Waals surface area contributed by atoms with E-state index in [1.165, 1.54) is 46.2 Å². The SMILES string of the molecule is CCCC1=Cc2c(cccc2-c2cccc(C)c2C)C1. The van der Waals surface area contributed by atoms with Crippen LogP contribution in [0.3, 0.4) is 0 Å². The predicted octanol–water partition coefficient (Wildman–Crippen LogP) is 5.71. The smallest absolute Gasteiger partial charge is 0.00576 e. The van der Waals surface area contributed by atoms with Crippen molar-refractivity contribution >= 4 is 6.08 Å². The second-order valence-corrected chi connectivity index (χ2v) is 5.86. The zero-order valence-corrected chi connectivity index (χ0v) is 12.7. The maximum Gasteiger partial charge on any atom is -0.00576 e. The van der Waals surface area contributed by atoms with Gasteiger partial charge in [-0.15, -0.1) is 0 Å². The third kappa shape index (κ3) is 2.20. The Balaban J connectivity index is 2.13. The summed E-state index contributed by atoms with van der Waals surface area (Å²) in [6.07, 6.45) is 6.03. The molecule has 0 atom stereocenters. The van der Waals surface area contributed by atoms with Crippen molar-refractivity contribution in [3.8, 4) is 11.1 Å². The normalized spacial score (nSPS) is 13.2. The lowest BCUT2D eigenvalue weighted by Gasteiger charge is -2.12. The summed E-state index contributed by atoms with van der Waals surface area (Å²) in [6, 6.07) is 13.4. The highest BCUT2D eigenvalue weighted by Gasteiger charge is 2.17. The monoisotopic (exact) mass is 262 g/mol. The Hall–Kier alpha value is -1.82. The molecule has 0 unspecified atom stereocenters. The lowest BCUT2D eigenvalue weighted by molar-refractivity contribution is 0.886. The van der Waals surface area contributed by atoms with Crippen molar-refractivity contribution in [2.75, 3.05) is 0 Å². The Labute approximate surface area is 122 Å². The van der Waals surface area contributed by atoms with E-state index in [1.807, 2.05) is 0 Å². The number of hydrogen-bond donors (Lipinski definition) is 0. The van der Waals surface area contributed by atoms with Gasteiger partial charge in [-0.3, -0.25) is 0 Å². The zero-order valence-electron chi connectivity index (χ0n) is 12.7. The van der Waals surface area contributed by atoms with E-state index < -0.39 is 0 Å². The van der Waals surface area contributed by atoms with E-state index in [1.54, 1.807) is 5.57 Å². The van der Waals surface area contributed by atoms with Gasteiger partial charge in [0.25, 0.3) is 0 Å². The molecule has 0 bridgehead atoms. The van der Waals surface area contributed by atoms with Gasteiger partial charge in [0.1, 0.15) is 0 Å². The molecule has 0 saturated heterocycles. The highest BCUT2D eigenvalue weighted by atomic mass is 14.2. The average Bonchev–Trinajstić information content (AvgIpc) is 2.85. The van der Waals surface area contributed by atoms with E-state index in [-0.39, 0.29) is 0 Å². The van der Waals surface area contributed by atoms with Crippen LogP contribution in [0, 0.1) is 13.8 Å². The Morgan fingerprint density at radius 2 is 1.70 bits per heavy atom. The van der Waals surface area contributed by atoms with Crippen LogP contribution in [0.2, 0.25) is 0 Å². The molecule has 0 heteroatoms. The minimum absolute atomic E-state index is 1.14. The standard InChI is InChI=1S/C20H22/c1-4-7-16-12-17-9-6-11-19(20(17)13-16)18-10-5-8-14(2)15(18)3/h5-6,8-11,13H,4,7,12H2,1-3H3. The van der Waals surface area contributed by atoms with Gasteiger partial charge < -0.3 is 0 Å². The third-order valence-corrected chi connectivity index (χ3v) is 4.43. The van der Waals surface area contributed by atoms with Crippen molar-refractivity contribution in [3.05, 3.63) is 64.2 Å². The van der Waals surface area contributed by atoms with Gasteiger partial charge in [0, 0.05) is 0 Å². The van der Waals surface area contributed by atoms with Crippen LogP contribution in [0.1, 0.15) is 42.0 Å². The minimum Gasteiger partial charge on any atom is -0.0652 e. The molecule has 2 aromatic carbocycles. The van der Waals surface area contributed by atoms with Gasteiger partial charge in [0.05, 0.1) is 0 Å². The Bertz CT molecular complexity index is 674. The van der Waals surface area contributed by atoms with E-state index in [0.29, 0.717) is 0 Å². The molecule has 0 fully saturated rings. The quantitative estimate of drug-likeness (QED) is 0.664. The van der Waals surface area contributed by atoms with Crippen molar-refractivity contribution < 1.29 is 0 Å². The first-order chi connectivity index (χ1) is 9.70. The minimum atomic E-state index is 1.14. The molecule has 0 amide bonds. The van der Waals surface area contributed by atoms with Crippen LogP contribution in [0.4, 0.5) is 0 Å². The number of aryl methyl sites for hydroxylation is 1. The summed E-state index contributed by atoms with van der Waals surface area (Å²) in [6.45, 7) is 6.69. The maximum absolute atomic E-state index is 2.43. The van der Waals surface area contributed by atoms with Crippen LogP contribution in [-0.2, 0) is 6.42 Å². The molecule has 0 saturated carbocycles. The van der Waals surface area contributed by atoms with Crippen molar-refractivity contribution in [3.63, 3.8) is 0 Å². The summed E-state index contributed by atoms with van der Waals surface area (Å²) in [7, 11) is 0. The van der Waals surface area contributed by atoms with Crippen LogP contribution in [0.5, 0.6) is 0 Å². The second-order valence-electron chi connectivity index (χ2n) is 5.86. The van der Waals surface area contributed by atoms with Gasteiger partial charge in [-0.25, -0.2) is 0 Å². The topological polar surface area (TPSA) is 0 Å². The summed E-state index contributed by atoms with van der Waals surface area (Å²) in [5.74, 6) is 0. The fraction of sp³-hybridized carbons (Fsp3) is 0.300. The van der Waals surface area contributed by atoms with Gasteiger partial charge in [-0.2, -0.15) is 0 Å². The molecule has 0 spiro atoms. The third-order valence-electron chi connectivity index (χ3n) is 4.43. The zero-order chi connectivity index (χ0) is 14.1. The van der Waals surface area contributed by atoms with Crippen LogP contribution in [0.15, 0.2) is 42.0 Å². The summed E-state index contributed by atoms with van der Waals surface area (Å²) < 4.78 is 0. The molecular formula is C20H22. The molecule has 0 radical (unpaired) electrons. The number of rotatable bonds is 3. The Morgan fingerprint density at radius 1 is 0.950 bits per heavy atom. The lowest BCUT2D eigenvalue weighted by atomic mass is 9.92. The first kappa shape index (κ1) is 13.2. The molecule has 2 aromatic rings. The maximum atomic E-state index is 2.43. The molecular weight excluding hydrogens is 240 g/mol. The van der Waals surface area contributed by atoms with Crippen molar-refractivity contribution in [2.24, 2.45) is 0 Å². The van der Waals surface area contributed by atoms with Gasteiger partial charge in [0.15, 0.2) is 0 Å². The van der Waals surface area contributed by atoms with E-state index in [2.05, 4.69) is 63.2 Å². The molecule has 0 heterocycles. The van der Waals surface area contributed by atoms with Crippen LogP contribution in [-0.4, -0.2) is 0 Å². The van der Waals surface area contributed by atoms with E-state index >= 15 is 0 Å². The highest BCUT2D eigenvalue weighted by molar-refractivity contribution is 5.82.